The maximum Gasteiger partial charge on any atom is 0.127 e. The molecule has 1 aromatic heterocycles. The fraction of sp³-hybridized carbons (Fsp3) is 0.462. The van der Waals surface area contributed by atoms with Crippen molar-refractivity contribution in [2.45, 2.75) is 38.6 Å². The number of benzene rings is 1. The topological polar surface area (TPSA) is 17.8 Å². The monoisotopic (exact) mass is 362 g/mol. The van der Waals surface area contributed by atoms with Crippen molar-refractivity contribution in [1.29, 1.82) is 0 Å². The molecule has 1 aromatic carbocycles. The molecule has 0 spiro atoms. The summed E-state index contributed by atoms with van der Waals surface area (Å²) in [5.41, 5.74) is 2.22. The van der Waals surface area contributed by atoms with E-state index in [0.717, 1.165) is 17.8 Å². The Morgan fingerprint density at radius 3 is 2.71 bits per heavy atom. The first-order valence-electron chi connectivity index (χ1n) is 5.86. The fourth-order valence-electron chi connectivity index (χ4n) is 2.02. The zero-order valence-corrected chi connectivity index (χ0v) is 13.2. The van der Waals surface area contributed by atoms with E-state index in [0.29, 0.717) is 6.04 Å². The Morgan fingerprint density at radius 1 is 1.41 bits per heavy atom. The summed E-state index contributed by atoms with van der Waals surface area (Å²) < 4.78 is 3.47. The molecule has 17 heavy (non-hydrogen) atoms. The van der Waals surface area contributed by atoms with Crippen molar-refractivity contribution < 1.29 is 0 Å². The summed E-state index contributed by atoms with van der Waals surface area (Å²) in [6, 6.07) is 6.79. The van der Waals surface area contributed by atoms with Gasteiger partial charge in [-0.05, 0) is 61.1 Å². The molecule has 2 rings (SSSR count). The van der Waals surface area contributed by atoms with Gasteiger partial charge in [0.2, 0.25) is 0 Å². The lowest BCUT2D eigenvalue weighted by molar-refractivity contribution is 0.522. The van der Waals surface area contributed by atoms with Crippen LogP contribution in [0.5, 0.6) is 0 Å². The molecule has 0 aliphatic carbocycles. The Balaban J connectivity index is 2.71. The van der Waals surface area contributed by atoms with E-state index in [4.69, 9.17) is 11.6 Å². The molecule has 2 aromatic rings. The molecular weight excluding hydrogens is 347 g/mol. The lowest BCUT2D eigenvalue weighted by atomic mass is 10.2. The molecule has 0 aliphatic rings. The van der Waals surface area contributed by atoms with Gasteiger partial charge in [-0.25, -0.2) is 4.98 Å². The molecule has 4 heteroatoms. The number of hydrogen-bond acceptors (Lipinski definition) is 1. The predicted molar refractivity (Wildman–Crippen MR) is 81.7 cm³/mol. The third-order valence-corrected chi connectivity index (χ3v) is 3.93. The summed E-state index contributed by atoms with van der Waals surface area (Å²) in [4.78, 5) is 4.67. The van der Waals surface area contributed by atoms with Crippen LogP contribution in [0.1, 0.15) is 44.4 Å². The van der Waals surface area contributed by atoms with Crippen molar-refractivity contribution in [2.75, 3.05) is 0 Å². The van der Waals surface area contributed by atoms with Gasteiger partial charge >= 0.3 is 0 Å². The highest BCUT2D eigenvalue weighted by Crippen LogP contribution is 2.29. The van der Waals surface area contributed by atoms with Gasteiger partial charge in [-0.1, -0.05) is 6.92 Å². The van der Waals surface area contributed by atoms with Gasteiger partial charge < -0.3 is 4.57 Å². The molecule has 2 atom stereocenters. The predicted octanol–water partition coefficient (Wildman–Crippen LogP) is 4.91. The zero-order valence-electron chi connectivity index (χ0n) is 10.2. The van der Waals surface area contributed by atoms with Crippen LogP contribution in [0.3, 0.4) is 0 Å². The molecular formula is C13H16ClIN2. The summed E-state index contributed by atoms with van der Waals surface area (Å²) in [5.74, 6) is 0.970. The first kappa shape index (κ1) is 13.1. The Hall–Kier alpha value is -0.290. The minimum Gasteiger partial charge on any atom is -0.324 e. The maximum absolute atomic E-state index is 6.24. The molecule has 0 amide bonds. The Kier molecular flexibility index (Phi) is 3.98. The van der Waals surface area contributed by atoms with Crippen LogP contribution in [-0.2, 0) is 0 Å². The molecule has 0 saturated heterocycles. The third-order valence-electron chi connectivity index (χ3n) is 3.07. The number of rotatable bonds is 3. The van der Waals surface area contributed by atoms with E-state index >= 15 is 0 Å². The van der Waals surface area contributed by atoms with Gasteiger partial charge in [0.15, 0.2) is 0 Å². The third kappa shape index (κ3) is 2.45. The smallest absolute Gasteiger partial charge is 0.127 e. The average Bonchev–Trinajstić information content (AvgIpc) is 2.66. The molecule has 2 unspecified atom stereocenters. The van der Waals surface area contributed by atoms with Crippen LogP contribution >= 0.6 is 34.2 Å². The minimum absolute atomic E-state index is 0.0611. The van der Waals surface area contributed by atoms with E-state index < -0.39 is 0 Å². The standard InChI is InChI=1S/C13H16ClIN2/c1-4-8(2)17-12-6-5-10(15)7-11(12)16-13(17)9(3)14/h5-9H,4H2,1-3H3. The summed E-state index contributed by atoms with van der Waals surface area (Å²) in [5, 5.41) is -0.0611. The first-order valence-corrected chi connectivity index (χ1v) is 7.37. The van der Waals surface area contributed by atoms with Crippen molar-refractivity contribution in [3.8, 4) is 0 Å². The molecule has 2 nitrogen and oxygen atoms in total. The highest BCUT2D eigenvalue weighted by Gasteiger charge is 2.18. The van der Waals surface area contributed by atoms with E-state index in [2.05, 4.69) is 64.2 Å². The molecule has 1 heterocycles. The molecule has 0 N–H and O–H groups in total. The Morgan fingerprint density at radius 2 is 2.12 bits per heavy atom. The minimum atomic E-state index is -0.0611. The number of nitrogens with zero attached hydrogens (tertiary/aromatic N) is 2. The lowest BCUT2D eigenvalue weighted by Gasteiger charge is -2.16. The van der Waals surface area contributed by atoms with E-state index in [-0.39, 0.29) is 5.38 Å². The number of alkyl halides is 1. The van der Waals surface area contributed by atoms with E-state index in [1.54, 1.807) is 0 Å². The number of hydrogen-bond donors (Lipinski definition) is 0. The summed E-state index contributed by atoms with van der Waals surface area (Å²) >= 11 is 8.55. The van der Waals surface area contributed by atoms with E-state index in [9.17, 15) is 0 Å². The fourth-order valence-corrected chi connectivity index (χ4v) is 2.65. The van der Waals surface area contributed by atoms with Crippen LogP contribution in [0.2, 0.25) is 0 Å². The first-order chi connectivity index (χ1) is 8.04. The van der Waals surface area contributed by atoms with Gasteiger partial charge in [0.1, 0.15) is 5.82 Å². The van der Waals surface area contributed by atoms with Gasteiger partial charge in [-0.15, -0.1) is 11.6 Å². The second-order valence-corrected chi connectivity index (χ2v) is 6.25. The zero-order chi connectivity index (χ0) is 12.6. The Bertz CT molecular complexity index is 533. The van der Waals surface area contributed by atoms with Crippen molar-refractivity contribution in [2.24, 2.45) is 0 Å². The van der Waals surface area contributed by atoms with Crippen LogP contribution in [0.25, 0.3) is 11.0 Å². The molecule has 0 saturated carbocycles. The van der Waals surface area contributed by atoms with Gasteiger partial charge in [0.05, 0.1) is 16.4 Å². The normalized spacial score (nSPS) is 15.1. The number of aromatic nitrogens is 2. The van der Waals surface area contributed by atoms with Crippen LogP contribution in [0.4, 0.5) is 0 Å². The van der Waals surface area contributed by atoms with Crippen molar-refractivity contribution >= 4 is 45.2 Å². The average molecular weight is 363 g/mol. The van der Waals surface area contributed by atoms with Crippen molar-refractivity contribution in [3.05, 3.63) is 27.6 Å². The van der Waals surface area contributed by atoms with Gasteiger partial charge in [-0.3, -0.25) is 0 Å². The summed E-state index contributed by atoms with van der Waals surface area (Å²) in [6.07, 6.45) is 1.08. The van der Waals surface area contributed by atoms with Crippen LogP contribution < -0.4 is 0 Å². The van der Waals surface area contributed by atoms with Crippen LogP contribution in [0.15, 0.2) is 18.2 Å². The number of imidazole rings is 1. The molecule has 0 aliphatic heterocycles. The Labute approximate surface area is 121 Å². The summed E-state index contributed by atoms with van der Waals surface area (Å²) in [7, 11) is 0. The van der Waals surface area contributed by atoms with Gasteiger partial charge in [0, 0.05) is 9.61 Å². The van der Waals surface area contributed by atoms with Crippen LogP contribution in [-0.4, -0.2) is 9.55 Å². The number of fused-ring (bicyclic) bond motifs is 1. The second-order valence-electron chi connectivity index (χ2n) is 4.35. The summed E-state index contributed by atoms with van der Waals surface area (Å²) in [6.45, 7) is 6.38. The number of halogens is 2. The van der Waals surface area contributed by atoms with E-state index in [1.807, 2.05) is 6.92 Å². The van der Waals surface area contributed by atoms with E-state index in [1.165, 1.54) is 9.09 Å². The van der Waals surface area contributed by atoms with Crippen molar-refractivity contribution in [1.82, 2.24) is 9.55 Å². The highest BCUT2D eigenvalue weighted by atomic mass is 127. The lowest BCUT2D eigenvalue weighted by Crippen LogP contribution is -2.08. The SMILES string of the molecule is CCC(C)n1c(C(C)Cl)nc2cc(I)ccc21. The van der Waals surface area contributed by atoms with Crippen molar-refractivity contribution in [3.63, 3.8) is 0 Å². The quantitative estimate of drug-likeness (QED) is 0.560. The molecule has 0 radical (unpaired) electrons. The molecule has 0 bridgehead atoms. The second kappa shape index (κ2) is 5.14. The largest absolute Gasteiger partial charge is 0.324 e. The highest BCUT2D eigenvalue weighted by molar-refractivity contribution is 14.1. The maximum atomic E-state index is 6.24. The van der Waals surface area contributed by atoms with Gasteiger partial charge in [0.25, 0.3) is 0 Å². The molecule has 0 fully saturated rings. The van der Waals surface area contributed by atoms with Gasteiger partial charge in [-0.2, -0.15) is 0 Å². The van der Waals surface area contributed by atoms with Crippen LogP contribution in [0, 0.1) is 3.57 Å². The molecule has 92 valence electrons.